The van der Waals surface area contributed by atoms with Crippen LogP contribution in [0.3, 0.4) is 0 Å². The van der Waals surface area contributed by atoms with Gasteiger partial charge in [0.1, 0.15) is 12.4 Å². The lowest BCUT2D eigenvalue weighted by Crippen LogP contribution is -2.53. The summed E-state index contributed by atoms with van der Waals surface area (Å²) in [4.78, 5) is 25.5. The van der Waals surface area contributed by atoms with Crippen LogP contribution in [0.25, 0.3) is 0 Å². The highest BCUT2D eigenvalue weighted by Crippen LogP contribution is 2.60. The molecule has 2 aromatic carbocycles. The summed E-state index contributed by atoms with van der Waals surface area (Å²) in [6.07, 6.45) is 7.27. The molecule has 0 unspecified atom stereocenters. The van der Waals surface area contributed by atoms with Crippen LogP contribution in [0.1, 0.15) is 54.4 Å². The van der Waals surface area contributed by atoms with Crippen molar-refractivity contribution >= 4 is 11.8 Å². The minimum atomic E-state index is -0.120. The minimum Gasteiger partial charge on any atom is -0.492 e. The molecule has 4 aliphatic rings. The van der Waals surface area contributed by atoms with Gasteiger partial charge in [0.15, 0.2) is 0 Å². The van der Waals surface area contributed by atoms with Crippen LogP contribution in [-0.2, 0) is 11.3 Å². The Morgan fingerprint density at radius 2 is 1.47 bits per heavy atom. The second-order valence-electron chi connectivity index (χ2n) is 9.99. The molecule has 0 atom stereocenters. The Hall–Kier alpha value is -2.82. The first-order valence-corrected chi connectivity index (χ1v) is 11.9. The lowest BCUT2D eigenvalue weighted by Gasteiger charge is -2.55. The van der Waals surface area contributed by atoms with E-state index in [4.69, 9.17) is 4.74 Å². The fraction of sp³-hybridized carbons (Fsp3) is 0.481. The number of ether oxygens (including phenoxy) is 1. The topological polar surface area (TPSA) is 67.4 Å². The molecule has 2 amide bonds. The third-order valence-electron chi connectivity index (χ3n) is 7.59. The number of nitrogens with one attached hydrogen (secondary N) is 2. The molecule has 5 nitrogen and oxygen atoms in total. The van der Waals surface area contributed by atoms with Gasteiger partial charge in [-0.2, -0.15) is 0 Å². The molecular weight excluding hydrogens is 400 g/mol. The van der Waals surface area contributed by atoms with Crippen LogP contribution >= 0.6 is 0 Å². The summed E-state index contributed by atoms with van der Waals surface area (Å²) in [7, 11) is 0. The number of para-hydroxylation sites is 1. The van der Waals surface area contributed by atoms with Gasteiger partial charge >= 0.3 is 0 Å². The van der Waals surface area contributed by atoms with Gasteiger partial charge in [0.2, 0.25) is 5.91 Å². The van der Waals surface area contributed by atoms with Gasteiger partial charge in [-0.25, -0.2) is 0 Å². The summed E-state index contributed by atoms with van der Waals surface area (Å²) in [6.45, 7) is 1.38. The SMILES string of the molecule is O=C(NCCOc1ccccc1)c1ccc(CNC(=O)C23CC4CC(CC(C4)C2)C3)cc1. The standard InChI is InChI=1S/C27H32N2O3/c30-25(28-10-11-32-24-4-2-1-3-5-24)23-8-6-19(7-9-23)18-29-26(31)27-15-20-12-21(16-27)14-22(13-20)17-27/h1-9,20-22H,10-18H2,(H,28,30)(H,29,31). The normalized spacial score (nSPS) is 27.7. The van der Waals surface area contributed by atoms with Crippen molar-refractivity contribution in [1.29, 1.82) is 0 Å². The highest BCUT2D eigenvalue weighted by atomic mass is 16.5. The Bertz CT molecular complexity index is 919. The average Bonchev–Trinajstić information content (AvgIpc) is 2.80. The molecule has 4 fully saturated rings. The molecule has 0 radical (unpaired) electrons. The maximum absolute atomic E-state index is 13.1. The van der Waals surface area contributed by atoms with E-state index >= 15 is 0 Å². The Morgan fingerprint density at radius 3 is 2.09 bits per heavy atom. The predicted molar refractivity (Wildman–Crippen MR) is 123 cm³/mol. The molecule has 2 aromatic rings. The molecule has 6 rings (SSSR count). The van der Waals surface area contributed by atoms with Crippen LogP contribution in [0.15, 0.2) is 54.6 Å². The molecule has 4 saturated carbocycles. The molecule has 0 aliphatic heterocycles. The fourth-order valence-corrected chi connectivity index (χ4v) is 6.48. The summed E-state index contributed by atoms with van der Waals surface area (Å²) < 4.78 is 5.60. The lowest BCUT2D eigenvalue weighted by molar-refractivity contribution is -0.146. The number of rotatable bonds is 8. The third kappa shape index (κ3) is 4.52. The van der Waals surface area contributed by atoms with Gasteiger partial charge in [0.25, 0.3) is 5.91 Å². The van der Waals surface area contributed by atoms with Crippen molar-refractivity contribution in [2.75, 3.05) is 13.2 Å². The monoisotopic (exact) mass is 432 g/mol. The smallest absolute Gasteiger partial charge is 0.251 e. The van der Waals surface area contributed by atoms with Gasteiger partial charge in [-0.05, 0) is 86.1 Å². The molecule has 2 N–H and O–H groups in total. The Kier molecular flexibility index (Phi) is 5.90. The Labute approximate surface area is 189 Å². The van der Waals surface area contributed by atoms with E-state index in [0.29, 0.717) is 25.3 Å². The fourth-order valence-electron chi connectivity index (χ4n) is 6.48. The molecule has 32 heavy (non-hydrogen) atoms. The quantitative estimate of drug-likeness (QED) is 0.610. The van der Waals surface area contributed by atoms with Crippen molar-refractivity contribution in [3.8, 4) is 5.75 Å². The average molecular weight is 433 g/mol. The summed E-state index contributed by atoms with van der Waals surface area (Å²) in [5, 5.41) is 6.09. The number of hydrogen-bond acceptors (Lipinski definition) is 3. The molecule has 0 aromatic heterocycles. The number of carbonyl (C=O) groups is 2. The highest BCUT2D eigenvalue weighted by Gasteiger charge is 2.54. The van der Waals surface area contributed by atoms with E-state index in [1.807, 2.05) is 54.6 Å². The number of benzene rings is 2. The largest absolute Gasteiger partial charge is 0.492 e. The third-order valence-corrected chi connectivity index (χ3v) is 7.59. The van der Waals surface area contributed by atoms with E-state index in [-0.39, 0.29) is 17.2 Å². The number of hydrogen-bond donors (Lipinski definition) is 2. The Balaban J connectivity index is 1.08. The zero-order valence-electron chi connectivity index (χ0n) is 18.5. The second-order valence-corrected chi connectivity index (χ2v) is 9.99. The van der Waals surface area contributed by atoms with E-state index in [0.717, 1.165) is 48.3 Å². The van der Waals surface area contributed by atoms with Gasteiger partial charge in [-0.15, -0.1) is 0 Å². The van der Waals surface area contributed by atoms with Crippen LogP contribution in [0.2, 0.25) is 0 Å². The van der Waals surface area contributed by atoms with Crippen LogP contribution in [0.4, 0.5) is 0 Å². The highest BCUT2D eigenvalue weighted by molar-refractivity contribution is 5.94. The van der Waals surface area contributed by atoms with Crippen LogP contribution in [0, 0.1) is 23.2 Å². The van der Waals surface area contributed by atoms with Crippen molar-refractivity contribution in [1.82, 2.24) is 10.6 Å². The zero-order chi connectivity index (χ0) is 22.0. The molecule has 4 aliphatic carbocycles. The molecule has 0 heterocycles. The van der Waals surface area contributed by atoms with E-state index in [9.17, 15) is 9.59 Å². The molecule has 168 valence electrons. The van der Waals surface area contributed by atoms with E-state index < -0.39 is 0 Å². The zero-order valence-corrected chi connectivity index (χ0v) is 18.5. The summed E-state index contributed by atoms with van der Waals surface area (Å²) >= 11 is 0. The number of amides is 2. The second kappa shape index (κ2) is 8.97. The van der Waals surface area contributed by atoms with Crippen molar-refractivity contribution < 1.29 is 14.3 Å². The van der Waals surface area contributed by atoms with Crippen LogP contribution in [0.5, 0.6) is 5.75 Å². The van der Waals surface area contributed by atoms with E-state index in [1.54, 1.807) is 0 Å². The molecule has 0 saturated heterocycles. The first-order chi connectivity index (χ1) is 15.6. The minimum absolute atomic E-state index is 0.115. The van der Waals surface area contributed by atoms with E-state index in [1.165, 1.54) is 19.3 Å². The first-order valence-electron chi connectivity index (χ1n) is 11.9. The van der Waals surface area contributed by atoms with Gasteiger partial charge in [0, 0.05) is 17.5 Å². The van der Waals surface area contributed by atoms with E-state index in [2.05, 4.69) is 10.6 Å². The van der Waals surface area contributed by atoms with Gasteiger partial charge in [0.05, 0.1) is 6.54 Å². The first kappa shape index (κ1) is 21.0. The summed E-state index contributed by atoms with van der Waals surface area (Å²) in [5.41, 5.74) is 1.52. The van der Waals surface area contributed by atoms with Crippen molar-refractivity contribution in [3.05, 3.63) is 65.7 Å². The summed E-state index contributed by atoms with van der Waals surface area (Å²) in [5.74, 6) is 3.22. The van der Waals surface area contributed by atoms with Crippen LogP contribution < -0.4 is 15.4 Å². The van der Waals surface area contributed by atoms with Gasteiger partial charge in [-0.3, -0.25) is 9.59 Å². The van der Waals surface area contributed by atoms with Crippen molar-refractivity contribution in [2.24, 2.45) is 23.2 Å². The van der Waals surface area contributed by atoms with Gasteiger partial charge in [-0.1, -0.05) is 30.3 Å². The molecule has 5 heteroatoms. The van der Waals surface area contributed by atoms with Crippen LogP contribution in [-0.4, -0.2) is 25.0 Å². The maximum Gasteiger partial charge on any atom is 0.251 e. The molecular formula is C27H32N2O3. The number of carbonyl (C=O) groups excluding carboxylic acids is 2. The molecule has 4 bridgehead atoms. The van der Waals surface area contributed by atoms with Crippen molar-refractivity contribution in [2.45, 2.75) is 45.1 Å². The summed E-state index contributed by atoms with van der Waals surface area (Å²) in [6, 6.07) is 17.0. The Morgan fingerprint density at radius 1 is 0.844 bits per heavy atom. The van der Waals surface area contributed by atoms with Gasteiger partial charge < -0.3 is 15.4 Å². The predicted octanol–water partition coefficient (Wildman–Crippen LogP) is 4.33. The van der Waals surface area contributed by atoms with Crippen molar-refractivity contribution in [3.63, 3.8) is 0 Å². The molecule has 0 spiro atoms. The lowest BCUT2D eigenvalue weighted by atomic mass is 9.49. The maximum atomic E-state index is 13.1.